The molecule has 0 fully saturated rings. The van der Waals surface area contributed by atoms with Crippen LogP contribution in [0.1, 0.15) is 46.5 Å². The Labute approximate surface area is 96.4 Å². The molecule has 0 aliphatic carbocycles. The van der Waals surface area contributed by atoms with Gasteiger partial charge in [-0.15, -0.1) is 7.92 Å². The molecule has 0 saturated heterocycles. The molecule has 0 amide bonds. The summed E-state index contributed by atoms with van der Waals surface area (Å²) in [5.74, 6) is 2.71. The van der Waals surface area contributed by atoms with Gasteiger partial charge in [-0.1, -0.05) is 33.6 Å². The van der Waals surface area contributed by atoms with Gasteiger partial charge in [0, 0.05) is 0 Å². The van der Waals surface area contributed by atoms with Crippen molar-refractivity contribution < 1.29 is 0 Å². The molecule has 2 heteroatoms. The van der Waals surface area contributed by atoms with Crippen molar-refractivity contribution in [3.63, 3.8) is 0 Å². The maximum atomic E-state index is 2.31. The Balaban J connectivity index is 3.49. The van der Waals surface area contributed by atoms with Gasteiger partial charge in [0.25, 0.3) is 0 Å². The van der Waals surface area contributed by atoms with Crippen molar-refractivity contribution in [3.8, 4) is 0 Å². The molecule has 0 heterocycles. The van der Waals surface area contributed by atoms with E-state index in [0.717, 1.165) is 0 Å². The topological polar surface area (TPSA) is 0 Å². The zero-order valence-electron chi connectivity index (χ0n) is 10.2. The fraction of sp³-hybridized carbons (Fsp3) is 1.00. The Morgan fingerprint density at radius 1 is 0.857 bits per heavy atom. The average molecular weight is 234 g/mol. The van der Waals surface area contributed by atoms with Gasteiger partial charge in [-0.25, -0.2) is 0 Å². The van der Waals surface area contributed by atoms with Gasteiger partial charge in [-0.2, -0.15) is 11.8 Å². The van der Waals surface area contributed by atoms with Crippen molar-refractivity contribution in [2.45, 2.75) is 46.5 Å². The molecule has 0 unspecified atom stereocenters. The van der Waals surface area contributed by atoms with E-state index in [1.807, 2.05) is 0 Å². The van der Waals surface area contributed by atoms with E-state index in [1.54, 1.807) is 0 Å². The third kappa shape index (κ3) is 9.34. The van der Waals surface area contributed by atoms with E-state index in [0.29, 0.717) is 7.92 Å². The van der Waals surface area contributed by atoms with E-state index < -0.39 is 0 Å². The summed E-state index contributed by atoms with van der Waals surface area (Å²) in [5.41, 5.74) is 0. The first-order valence-electron chi connectivity index (χ1n) is 6.15. The summed E-state index contributed by atoms with van der Waals surface area (Å²) in [6.45, 7) is 6.90. The lowest BCUT2D eigenvalue weighted by Gasteiger charge is -2.16. The van der Waals surface area contributed by atoms with Crippen molar-refractivity contribution >= 4 is 19.7 Å². The minimum absolute atomic E-state index is 0.395. The Morgan fingerprint density at radius 3 is 1.86 bits per heavy atom. The van der Waals surface area contributed by atoms with E-state index in [1.165, 1.54) is 55.7 Å². The zero-order valence-corrected chi connectivity index (χ0v) is 11.9. The summed E-state index contributed by atoms with van der Waals surface area (Å²) < 4.78 is 0. The molecule has 0 radical (unpaired) electrons. The minimum Gasteiger partial charge on any atom is -0.162 e. The Kier molecular flexibility index (Phi) is 12.5. The maximum Gasteiger partial charge on any atom is -0.00282 e. The van der Waals surface area contributed by atoms with Crippen LogP contribution in [0.4, 0.5) is 0 Å². The second-order valence-corrected chi connectivity index (χ2v) is 7.82. The lowest BCUT2D eigenvalue weighted by molar-refractivity contribution is 0.867. The summed E-state index contributed by atoms with van der Waals surface area (Å²) in [6, 6.07) is 0. The summed E-state index contributed by atoms with van der Waals surface area (Å²) in [4.78, 5) is 0. The van der Waals surface area contributed by atoms with Gasteiger partial charge in [0.05, 0.1) is 0 Å². The molecule has 0 bridgehead atoms. The Bertz CT molecular complexity index is 98.5. The summed E-state index contributed by atoms with van der Waals surface area (Å²) in [7, 11) is 0.395. The van der Waals surface area contributed by atoms with Crippen LogP contribution in [0.5, 0.6) is 0 Å². The number of unbranched alkanes of at least 4 members (excludes halogenated alkanes) is 2. The van der Waals surface area contributed by atoms with Crippen LogP contribution in [0.25, 0.3) is 0 Å². The van der Waals surface area contributed by atoms with Crippen molar-refractivity contribution in [1.82, 2.24) is 0 Å². The minimum atomic E-state index is 0.395. The van der Waals surface area contributed by atoms with E-state index in [4.69, 9.17) is 0 Å². The molecule has 86 valence electrons. The van der Waals surface area contributed by atoms with Gasteiger partial charge >= 0.3 is 0 Å². The third-order valence-electron chi connectivity index (χ3n) is 2.41. The first-order chi connectivity index (χ1) is 6.85. The van der Waals surface area contributed by atoms with Gasteiger partial charge in [0.15, 0.2) is 0 Å². The fourth-order valence-electron chi connectivity index (χ4n) is 1.44. The van der Waals surface area contributed by atoms with Crippen molar-refractivity contribution in [1.29, 1.82) is 0 Å². The second-order valence-electron chi connectivity index (χ2n) is 3.75. The third-order valence-corrected chi connectivity index (χ3v) is 6.37. The van der Waals surface area contributed by atoms with Crippen molar-refractivity contribution in [2.75, 3.05) is 30.0 Å². The van der Waals surface area contributed by atoms with Crippen LogP contribution in [-0.4, -0.2) is 30.0 Å². The van der Waals surface area contributed by atoms with Crippen LogP contribution >= 0.6 is 19.7 Å². The molecule has 0 rings (SSSR count). The average Bonchev–Trinajstić information content (AvgIpc) is 2.21. The van der Waals surface area contributed by atoms with Gasteiger partial charge in [0.1, 0.15) is 0 Å². The molecule has 14 heavy (non-hydrogen) atoms. The predicted molar refractivity (Wildman–Crippen MR) is 74.3 cm³/mol. The molecule has 0 atom stereocenters. The molecular weight excluding hydrogens is 207 g/mol. The van der Waals surface area contributed by atoms with Crippen LogP contribution in [0, 0.1) is 0 Å². The maximum absolute atomic E-state index is 2.31. The molecule has 0 aromatic rings. The molecule has 0 aliphatic rings. The first-order valence-corrected chi connectivity index (χ1v) is 9.20. The normalized spacial score (nSPS) is 11.1. The highest BCUT2D eigenvalue weighted by molar-refractivity contribution is 7.99. The number of thioether (sulfide) groups is 1. The largest absolute Gasteiger partial charge is 0.162 e. The van der Waals surface area contributed by atoms with Crippen molar-refractivity contribution in [3.05, 3.63) is 0 Å². The Hall–Kier alpha value is 0.780. The van der Waals surface area contributed by atoms with E-state index in [2.05, 4.69) is 32.5 Å². The monoisotopic (exact) mass is 234 g/mol. The molecule has 0 N–H and O–H groups in total. The van der Waals surface area contributed by atoms with Crippen molar-refractivity contribution in [2.24, 2.45) is 0 Å². The molecule has 0 aromatic heterocycles. The standard InChI is InChI=1S/C12H27PS/c1-4-7-9-13(10-8-5-2)11-12-14-6-3/h4-12H2,1-3H3. The van der Waals surface area contributed by atoms with E-state index >= 15 is 0 Å². The molecule has 0 spiro atoms. The zero-order chi connectivity index (χ0) is 10.6. The predicted octanol–water partition coefficient (Wildman–Crippen LogP) is 4.82. The summed E-state index contributed by atoms with van der Waals surface area (Å²) in [6.07, 6.45) is 10.3. The molecule has 0 aromatic carbocycles. The lowest BCUT2D eigenvalue weighted by Crippen LogP contribution is -1.98. The van der Waals surface area contributed by atoms with Crippen LogP contribution in [0.15, 0.2) is 0 Å². The molecular formula is C12H27PS. The highest BCUT2D eigenvalue weighted by Gasteiger charge is 2.06. The van der Waals surface area contributed by atoms with Crippen LogP contribution in [0.2, 0.25) is 0 Å². The van der Waals surface area contributed by atoms with Gasteiger partial charge in [-0.3, -0.25) is 0 Å². The number of rotatable bonds is 10. The summed E-state index contributed by atoms with van der Waals surface area (Å²) >= 11 is 2.12. The number of hydrogen-bond acceptors (Lipinski definition) is 1. The van der Waals surface area contributed by atoms with E-state index in [9.17, 15) is 0 Å². The highest BCUT2D eigenvalue weighted by Crippen LogP contribution is 2.38. The smallest absolute Gasteiger partial charge is 0.00282 e. The van der Waals surface area contributed by atoms with Gasteiger partial charge in [-0.05, 0) is 42.8 Å². The van der Waals surface area contributed by atoms with Gasteiger partial charge in [0.2, 0.25) is 0 Å². The lowest BCUT2D eigenvalue weighted by atomic mass is 10.4. The Morgan fingerprint density at radius 2 is 1.43 bits per heavy atom. The summed E-state index contributed by atoms with van der Waals surface area (Å²) in [5, 5.41) is 0. The van der Waals surface area contributed by atoms with E-state index in [-0.39, 0.29) is 0 Å². The SMILES string of the molecule is CCCCP(CCCC)CCSCC. The first kappa shape index (κ1) is 14.8. The fourth-order valence-corrected chi connectivity index (χ4v) is 5.47. The molecule has 0 aliphatic heterocycles. The van der Waals surface area contributed by atoms with Crippen LogP contribution < -0.4 is 0 Å². The second kappa shape index (κ2) is 11.9. The van der Waals surface area contributed by atoms with Crippen LogP contribution in [0.3, 0.4) is 0 Å². The molecule has 0 saturated carbocycles. The quantitative estimate of drug-likeness (QED) is 0.386. The van der Waals surface area contributed by atoms with Gasteiger partial charge < -0.3 is 0 Å². The molecule has 0 nitrogen and oxygen atoms in total. The van der Waals surface area contributed by atoms with Crippen LogP contribution in [-0.2, 0) is 0 Å². The number of hydrogen-bond donors (Lipinski definition) is 0. The highest BCUT2D eigenvalue weighted by atomic mass is 32.2.